The Morgan fingerprint density at radius 3 is 3.05 bits per heavy atom. The number of amides is 2. The maximum atomic E-state index is 11.8. The summed E-state index contributed by atoms with van der Waals surface area (Å²) in [6, 6.07) is 5.21. The molecule has 0 unspecified atom stereocenters. The molecule has 0 atom stereocenters. The average Bonchev–Trinajstić information content (AvgIpc) is 2.48. The van der Waals surface area contributed by atoms with Gasteiger partial charge in [-0.15, -0.1) is 0 Å². The van der Waals surface area contributed by atoms with Crippen LogP contribution in [0.1, 0.15) is 0 Å². The molecule has 114 valence electrons. The average molecular weight is 293 g/mol. The van der Waals surface area contributed by atoms with Crippen molar-refractivity contribution in [2.45, 2.75) is 0 Å². The van der Waals surface area contributed by atoms with E-state index in [1.807, 2.05) is 0 Å². The van der Waals surface area contributed by atoms with E-state index in [-0.39, 0.29) is 25.0 Å². The van der Waals surface area contributed by atoms with E-state index >= 15 is 0 Å². The van der Waals surface area contributed by atoms with E-state index in [1.54, 1.807) is 32.4 Å². The molecule has 21 heavy (non-hydrogen) atoms. The molecule has 0 radical (unpaired) electrons. The van der Waals surface area contributed by atoms with Crippen LogP contribution < -0.4 is 20.3 Å². The van der Waals surface area contributed by atoms with Crippen molar-refractivity contribution in [1.29, 1.82) is 0 Å². The molecule has 7 heteroatoms. The predicted molar refractivity (Wildman–Crippen MR) is 78.7 cm³/mol. The largest absolute Gasteiger partial charge is 0.482 e. The second-order valence-electron chi connectivity index (χ2n) is 4.64. The zero-order valence-electron chi connectivity index (χ0n) is 12.1. The van der Waals surface area contributed by atoms with Crippen molar-refractivity contribution in [3.05, 3.63) is 18.2 Å². The Kier molecular flexibility index (Phi) is 5.13. The molecule has 0 spiro atoms. The number of benzene rings is 1. The van der Waals surface area contributed by atoms with Gasteiger partial charge in [0.05, 0.1) is 18.8 Å². The van der Waals surface area contributed by atoms with Gasteiger partial charge in [0.15, 0.2) is 6.61 Å². The molecule has 2 amide bonds. The molecular weight excluding hydrogens is 274 g/mol. The number of likely N-dealkylation sites (N-methyl/N-ethyl adjacent to an activating group) is 1. The van der Waals surface area contributed by atoms with Crippen molar-refractivity contribution in [3.8, 4) is 5.75 Å². The zero-order chi connectivity index (χ0) is 15.2. The molecule has 1 aromatic carbocycles. The number of hydrogen-bond acceptors (Lipinski definition) is 5. The number of nitrogens with zero attached hydrogens (tertiary/aromatic N) is 1. The third-order valence-corrected chi connectivity index (χ3v) is 3.10. The van der Waals surface area contributed by atoms with Gasteiger partial charge < -0.3 is 25.0 Å². The standard InChI is InChI=1S/C14H19N3O4/c1-17-11-7-10(3-4-12(11)21-9-14(17)19)16-13(18)8-15-5-6-20-2/h3-4,7,15H,5-6,8-9H2,1-2H3,(H,16,18). The SMILES string of the molecule is COCCNCC(=O)Nc1ccc2c(c1)N(C)C(=O)CO2. The number of rotatable bonds is 6. The fraction of sp³-hybridized carbons (Fsp3) is 0.429. The van der Waals surface area contributed by atoms with Crippen LogP contribution in [-0.2, 0) is 14.3 Å². The summed E-state index contributed by atoms with van der Waals surface area (Å²) in [4.78, 5) is 24.9. The molecule has 0 saturated carbocycles. The second-order valence-corrected chi connectivity index (χ2v) is 4.64. The van der Waals surface area contributed by atoms with E-state index in [4.69, 9.17) is 9.47 Å². The summed E-state index contributed by atoms with van der Waals surface area (Å²) in [5, 5.41) is 5.73. The number of ether oxygens (including phenoxy) is 2. The van der Waals surface area contributed by atoms with Crippen molar-refractivity contribution in [1.82, 2.24) is 5.32 Å². The molecule has 2 rings (SSSR count). The Morgan fingerprint density at radius 2 is 2.29 bits per heavy atom. The van der Waals surface area contributed by atoms with Crippen LogP contribution in [0.5, 0.6) is 5.75 Å². The third-order valence-electron chi connectivity index (χ3n) is 3.10. The van der Waals surface area contributed by atoms with Crippen molar-refractivity contribution in [2.75, 3.05) is 50.7 Å². The molecule has 2 N–H and O–H groups in total. The first kappa shape index (κ1) is 15.3. The summed E-state index contributed by atoms with van der Waals surface area (Å²) < 4.78 is 10.2. The number of methoxy groups -OCH3 is 1. The number of nitrogens with one attached hydrogen (secondary N) is 2. The van der Waals surface area contributed by atoms with E-state index in [2.05, 4.69) is 10.6 Å². The van der Waals surface area contributed by atoms with E-state index < -0.39 is 0 Å². The molecule has 0 aromatic heterocycles. The summed E-state index contributed by atoms with van der Waals surface area (Å²) in [6.45, 7) is 1.40. The summed E-state index contributed by atoms with van der Waals surface area (Å²) >= 11 is 0. The van der Waals surface area contributed by atoms with Gasteiger partial charge in [-0.1, -0.05) is 0 Å². The van der Waals surface area contributed by atoms with Gasteiger partial charge in [-0.05, 0) is 18.2 Å². The third kappa shape index (κ3) is 3.93. The Balaban J connectivity index is 1.95. The van der Waals surface area contributed by atoms with Crippen LogP contribution in [0.2, 0.25) is 0 Å². The maximum Gasteiger partial charge on any atom is 0.264 e. The second kappa shape index (κ2) is 7.05. The Morgan fingerprint density at radius 1 is 1.48 bits per heavy atom. The molecule has 1 aromatic rings. The Labute approximate surface area is 123 Å². The van der Waals surface area contributed by atoms with Gasteiger partial charge >= 0.3 is 0 Å². The first-order valence-corrected chi connectivity index (χ1v) is 6.64. The highest BCUT2D eigenvalue weighted by Crippen LogP contribution is 2.33. The molecule has 7 nitrogen and oxygen atoms in total. The minimum absolute atomic E-state index is 0.0403. The molecule has 1 heterocycles. The zero-order valence-corrected chi connectivity index (χ0v) is 12.1. The first-order valence-electron chi connectivity index (χ1n) is 6.64. The van der Waals surface area contributed by atoms with Crippen molar-refractivity contribution in [2.24, 2.45) is 0 Å². The van der Waals surface area contributed by atoms with Crippen molar-refractivity contribution >= 4 is 23.2 Å². The van der Waals surface area contributed by atoms with E-state index in [9.17, 15) is 9.59 Å². The minimum atomic E-state index is -0.156. The molecule has 0 saturated heterocycles. The van der Waals surface area contributed by atoms with Crippen LogP contribution in [0, 0.1) is 0 Å². The highest BCUT2D eigenvalue weighted by Gasteiger charge is 2.22. The summed E-state index contributed by atoms with van der Waals surface area (Å²) in [5.74, 6) is 0.359. The smallest absolute Gasteiger partial charge is 0.264 e. The van der Waals surface area contributed by atoms with Crippen molar-refractivity contribution in [3.63, 3.8) is 0 Å². The van der Waals surface area contributed by atoms with Gasteiger partial charge in [-0.25, -0.2) is 0 Å². The number of anilines is 2. The highest BCUT2D eigenvalue weighted by molar-refractivity contribution is 5.99. The molecule has 0 fully saturated rings. The lowest BCUT2D eigenvalue weighted by Crippen LogP contribution is -2.35. The van der Waals surface area contributed by atoms with Crippen LogP contribution in [0.4, 0.5) is 11.4 Å². The molecule has 0 bridgehead atoms. The van der Waals surface area contributed by atoms with Gasteiger partial charge in [-0.2, -0.15) is 0 Å². The molecule has 1 aliphatic heterocycles. The van der Waals surface area contributed by atoms with Crippen LogP contribution >= 0.6 is 0 Å². The van der Waals surface area contributed by atoms with Crippen LogP contribution in [0.3, 0.4) is 0 Å². The van der Waals surface area contributed by atoms with E-state index in [0.717, 1.165) is 0 Å². The van der Waals surface area contributed by atoms with Crippen LogP contribution in [-0.4, -0.2) is 52.3 Å². The first-order chi connectivity index (χ1) is 10.1. The normalized spacial score (nSPS) is 13.6. The van der Waals surface area contributed by atoms with Crippen molar-refractivity contribution < 1.29 is 19.1 Å². The number of fused-ring (bicyclic) bond motifs is 1. The van der Waals surface area contributed by atoms with Gasteiger partial charge in [0.1, 0.15) is 5.75 Å². The van der Waals surface area contributed by atoms with Gasteiger partial charge in [0, 0.05) is 26.4 Å². The van der Waals surface area contributed by atoms with E-state index in [0.29, 0.717) is 30.3 Å². The number of carbonyl (C=O) groups is 2. The Bertz CT molecular complexity index is 533. The summed E-state index contributed by atoms with van der Waals surface area (Å²) in [6.07, 6.45) is 0. The van der Waals surface area contributed by atoms with Crippen LogP contribution in [0.15, 0.2) is 18.2 Å². The minimum Gasteiger partial charge on any atom is -0.482 e. The van der Waals surface area contributed by atoms with Gasteiger partial charge in [0.25, 0.3) is 5.91 Å². The lowest BCUT2D eigenvalue weighted by atomic mass is 10.2. The van der Waals surface area contributed by atoms with Crippen LogP contribution in [0.25, 0.3) is 0 Å². The predicted octanol–water partition coefficient (Wildman–Crippen LogP) is 0.216. The molecule has 1 aliphatic rings. The Hall–Kier alpha value is -2.12. The fourth-order valence-corrected chi connectivity index (χ4v) is 1.93. The van der Waals surface area contributed by atoms with Gasteiger partial charge in [0.2, 0.25) is 5.91 Å². The summed E-state index contributed by atoms with van der Waals surface area (Å²) in [7, 11) is 3.29. The lowest BCUT2D eigenvalue weighted by Gasteiger charge is -2.26. The topological polar surface area (TPSA) is 79.9 Å². The van der Waals surface area contributed by atoms with E-state index in [1.165, 1.54) is 4.90 Å². The quantitative estimate of drug-likeness (QED) is 0.733. The highest BCUT2D eigenvalue weighted by atomic mass is 16.5. The monoisotopic (exact) mass is 293 g/mol. The maximum absolute atomic E-state index is 11.8. The number of carbonyl (C=O) groups excluding carboxylic acids is 2. The summed E-state index contributed by atoms with van der Waals surface area (Å²) in [5.41, 5.74) is 1.27. The fourth-order valence-electron chi connectivity index (χ4n) is 1.93. The molecule has 0 aliphatic carbocycles. The lowest BCUT2D eigenvalue weighted by molar-refractivity contribution is -0.121. The van der Waals surface area contributed by atoms with Gasteiger partial charge in [-0.3, -0.25) is 9.59 Å². The molecular formula is C14H19N3O4. The number of hydrogen-bond donors (Lipinski definition) is 2.